The fraction of sp³-hybridized carbons (Fsp3) is 0.286. The average molecular weight is 368 g/mol. The van der Waals surface area contributed by atoms with E-state index in [1.165, 1.54) is 6.92 Å². The molecule has 2 aromatic rings. The Balaban J connectivity index is 1.84. The number of carbonyl (C=O) groups excluding carboxylic acids is 3. The van der Waals surface area contributed by atoms with Crippen molar-refractivity contribution in [3.05, 3.63) is 71.3 Å². The molecule has 0 saturated carbocycles. The third-order valence-corrected chi connectivity index (χ3v) is 3.82. The van der Waals surface area contributed by atoms with E-state index in [2.05, 4.69) is 24.7 Å². The van der Waals surface area contributed by atoms with Crippen LogP contribution in [0, 0.1) is 5.92 Å². The van der Waals surface area contributed by atoms with Crippen molar-refractivity contribution in [2.24, 2.45) is 5.92 Å². The third-order valence-electron chi connectivity index (χ3n) is 3.82. The van der Waals surface area contributed by atoms with Gasteiger partial charge in [0, 0.05) is 5.56 Å². The molecule has 2 aromatic carbocycles. The van der Waals surface area contributed by atoms with Crippen LogP contribution in [-0.4, -0.2) is 23.9 Å². The van der Waals surface area contributed by atoms with Gasteiger partial charge in [-0.15, -0.1) is 0 Å². The van der Waals surface area contributed by atoms with Gasteiger partial charge in [-0.3, -0.25) is 20.4 Å². The highest BCUT2D eigenvalue weighted by molar-refractivity contribution is 5.96. The lowest BCUT2D eigenvalue weighted by Gasteiger charge is -2.14. The number of hydrogen-bond donors (Lipinski definition) is 2. The number of hydrazine groups is 1. The molecule has 0 aliphatic rings. The second-order valence-electron chi connectivity index (χ2n) is 6.65. The molecule has 0 unspecified atom stereocenters. The van der Waals surface area contributed by atoms with Crippen LogP contribution in [0.25, 0.3) is 0 Å². The van der Waals surface area contributed by atoms with Gasteiger partial charge in [-0.05, 0) is 49.1 Å². The molecule has 2 rings (SSSR count). The van der Waals surface area contributed by atoms with Crippen LogP contribution >= 0.6 is 0 Å². The van der Waals surface area contributed by atoms with Crippen LogP contribution in [0.2, 0.25) is 0 Å². The van der Waals surface area contributed by atoms with Crippen molar-refractivity contribution in [2.75, 3.05) is 0 Å². The number of benzene rings is 2. The summed E-state index contributed by atoms with van der Waals surface area (Å²) in [6.07, 6.45) is -0.126. The molecule has 142 valence electrons. The summed E-state index contributed by atoms with van der Waals surface area (Å²) in [5, 5.41) is 0. The summed E-state index contributed by atoms with van der Waals surface area (Å²) in [5.41, 5.74) is 6.45. The first-order chi connectivity index (χ1) is 12.9. The molecule has 0 aliphatic carbocycles. The fourth-order valence-corrected chi connectivity index (χ4v) is 2.41. The van der Waals surface area contributed by atoms with Crippen molar-refractivity contribution in [3.63, 3.8) is 0 Å². The second kappa shape index (κ2) is 9.52. The summed E-state index contributed by atoms with van der Waals surface area (Å²) in [4.78, 5) is 36.1. The highest BCUT2D eigenvalue weighted by Crippen LogP contribution is 2.11. The zero-order chi connectivity index (χ0) is 19.8. The Kier molecular flexibility index (Phi) is 7.11. The van der Waals surface area contributed by atoms with Crippen LogP contribution in [-0.2, 0) is 16.0 Å². The van der Waals surface area contributed by atoms with Gasteiger partial charge in [0.25, 0.3) is 11.8 Å². The zero-order valence-corrected chi connectivity index (χ0v) is 15.7. The monoisotopic (exact) mass is 368 g/mol. The lowest BCUT2D eigenvalue weighted by molar-refractivity contribution is -0.129. The topological polar surface area (TPSA) is 84.5 Å². The standard InChI is InChI=1S/C21H24N2O4/c1-14(2)13-16-9-11-18(12-10-16)21(26)27-15(3)19(24)22-23-20(25)17-7-5-4-6-8-17/h4-12,14-15H,13H2,1-3H3,(H,22,24)(H,23,25)/t15-/m0/s1. The number of nitrogens with one attached hydrogen (secondary N) is 2. The maximum Gasteiger partial charge on any atom is 0.338 e. The van der Waals surface area contributed by atoms with Gasteiger partial charge < -0.3 is 4.74 Å². The summed E-state index contributed by atoms with van der Waals surface area (Å²) in [6, 6.07) is 15.6. The van der Waals surface area contributed by atoms with E-state index in [1.54, 1.807) is 42.5 Å². The zero-order valence-electron chi connectivity index (χ0n) is 15.7. The number of esters is 1. The van der Waals surface area contributed by atoms with Crippen LogP contribution < -0.4 is 10.9 Å². The Labute approximate surface area is 158 Å². The quantitative estimate of drug-likeness (QED) is 0.606. The highest BCUT2D eigenvalue weighted by atomic mass is 16.5. The Bertz CT molecular complexity index is 786. The summed E-state index contributed by atoms with van der Waals surface area (Å²) in [6.45, 7) is 5.69. The maximum atomic E-state index is 12.2. The molecule has 0 saturated heterocycles. The molecule has 27 heavy (non-hydrogen) atoms. The van der Waals surface area contributed by atoms with Crippen LogP contribution in [0.3, 0.4) is 0 Å². The summed E-state index contributed by atoms with van der Waals surface area (Å²) in [5.74, 6) is -1.15. The third kappa shape index (κ3) is 6.26. The first kappa shape index (κ1) is 20.2. The molecule has 0 heterocycles. The lowest BCUT2D eigenvalue weighted by atomic mass is 10.0. The van der Waals surface area contributed by atoms with Crippen LogP contribution in [0.4, 0.5) is 0 Å². The Morgan fingerprint density at radius 1 is 0.852 bits per heavy atom. The Hall–Kier alpha value is -3.15. The van der Waals surface area contributed by atoms with Crippen LogP contribution in [0.1, 0.15) is 47.1 Å². The van der Waals surface area contributed by atoms with E-state index >= 15 is 0 Å². The van der Waals surface area contributed by atoms with Crippen molar-refractivity contribution in [3.8, 4) is 0 Å². The summed E-state index contributed by atoms with van der Waals surface area (Å²) in [7, 11) is 0. The van der Waals surface area contributed by atoms with E-state index < -0.39 is 23.9 Å². The number of ether oxygens (including phenoxy) is 1. The highest BCUT2D eigenvalue weighted by Gasteiger charge is 2.19. The minimum Gasteiger partial charge on any atom is -0.449 e. The smallest absolute Gasteiger partial charge is 0.338 e. The summed E-state index contributed by atoms with van der Waals surface area (Å²) >= 11 is 0. The molecule has 0 aromatic heterocycles. The largest absolute Gasteiger partial charge is 0.449 e. The van der Waals surface area contributed by atoms with E-state index in [4.69, 9.17) is 4.74 Å². The van der Waals surface area contributed by atoms with Gasteiger partial charge >= 0.3 is 5.97 Å². The predicted octanol–water partition coefficient (Wildman–Crippen LogP) is 2.89. The van der Waals surface area contributed by atoms with Crippen molar-refractivity contribution in [1.82, 2.24) is 10.9 Å². The molecule has 0 aliphatic heterocycles. The minimum absolute atomic E-state index is 0.371. The molecular formula is C21H24N2O4. The Morgan fingerprint density at radius 2 is 1.48 bits per heavy atom. The van der Waals surface area contributed by atoms with Gasteiger partial charge in [0.15, 0.2) is 6.10 Å². The molecule has 6 heteroatoms. The normalized spacial score (nSPS) is 11.6. The number of rotatable bonds is 6. The van der Waals surface area contributed by atoms with E-state index in [-0.39, 0.29) is 0 Å². The molecule has 0 fully saturated rings. The number of amides is 2. The molecular weight excluding hydrogens is 344 g/mol. The second-order valence-corrected chi connectivity index (χ2v) is 6.65. The molecule has 2 amide bonds. The Morgan fingerprint density at radius 3 is 2.07 bits per heavy atom. The van der Waals surface area contributed by atoms with Crippen molar-refractivity contribution in [1.29, 1.82) is 0 Å². The molecule has 1 atom stereocenters. The summed E-state index contributed by atoms with van der Waals surface area (Å²) < 4.78 is 5.15. The van der Waals surface area contributed by atoms with Gasteiger partial charge in [0.2, 0.25) is 0 Å². The van der Waals surface area contributed by atoms with Gasteiger partial charge in [0.1, 0.15) is 0 Å². The average Bonchev–Trinajstić information content (AvgIpc) is 2.66. The number of hydrogen-bond acceptors (Lipinski definition) is 4. The van der Waals surface area contributed by atoms with Gasteiger partial charge in [0.05, 0.1) is 5.56 Å². The van der Waals surface area contributed by atoms with E-state index in [0.717, 1.165) is 12.0 Å². The molecule has 6 nitrogen and oxygen atoms in total. The molecule has 0 bridgehead atoms. The fourth-order valence-electron chi connectivity index (χ4n) is 2.41. The van der Waals surface area contributed by atoms with Crippen molar-refractivity contribution >= 4 is 17.8 Å². The SMILES string of the molecule is CC(C)Cc1ccc(C(=O)O[C@@H](C)C(=O)NNC(=O)c2ccccc2)cc1. The van der Waals surface area contributed by atoms with Crippen LogP contribution in [0.5, 0.6) is 0 Å². The molecule has 0 spiro atoms. The first-order valence-electron chi connectivity index (χ1n) is 8.82. The molecule has 2 N–H and O–H groups in total. The van der Waals surface area contributed by atoms with Gasteiger partial charge in [-0.2, -0.15) is 0 Å². The van der Waals surface area contributed by atoms with Crippen LogP contribution in [0.15, 0.2) is 54.6 Å². The van der Waals surface area contributed by atoms with Crippen molar-refractivity contribution < 1.29 is 19.1 Å². The van der Waals surface area contributed by atoms with E-state index in [0.29, 0.717) is 17.0 Å². The van der Waals surface area contributed by atoms with Gasteiger partial charge in [-0.1, -0.05) is 44.2 Å². The maximum absolute atomic E-state index is 12.2. The lowest BCUT2D eigenvalue weighted by Crippen LogP contribution is -2.46. The molecule has 0 radical (unpaired) electrons. The van der Waals surface area contributed by atoms with Gasteiger partial charge in [-0.25, -0.2) is 4.79 Å². The predicted molar refractivity (Wildman–Crippen MR) is 102 cm³/mol. The number of carbonyl (C=O) groups is 3. The first-order valence-corrected chi connectivity index (χ1v) is 8.82. The minimum atomic E-state index is -1.05. The van der Waals surface area contributed by atoms with Crippen molar-refractivity contribution in [2.45, 2.75) is 33.3 Å². The van der Waals surface area contributed by atoms with E-state index in [1.807, 2.05) is 12.1 Å². The van der Waals surface area contributed by atoms with E-state index in [9.17, 15) is 14.4 Å².